The summed E-state index contributed by atoms with van der Waals surface area (Å²) in [5, 5.41) is 9.55. The van der Waals surface area contributed by atoms with Gasteiger partial charge in [0.2, 0.25) is 0 Å². The van der Waals surface area contributed by atoms with Gasteiger partial charge in [0.25, 0.3) is 0 Å². The summed E-state index contributed by atoms with van der Waals surface area (Å²) in [7, 11) is 0. The molecule has 4 heteroatoms. The second-order valence-corrected chi connectivity index (χ2v) is 19.0. The molecule has 0 atom stereocenters. The zero-order chi connectivity index (χ0) is 22.3. The van der Waals surface area contributed by atoms with Crippen LogP contribution < -0.4 is 0 Å². The van der Waals surface area contributed by atoms with Gasteiger partial charge in [-0.15, -0.1) is 69.1 Å². The molecule has 0 saturated carbocycles. The Bertz CT molecular complexity index is 1230. The van der Waals surface area contributed by atoms with Gasteiger partial charge in [0.05, 0.1) is 0 Å². The van der Waals surface area contributed by atoms with Gasteiger partial charge in [-0.2, -0.15) is 22.7 Å². The molecule has 0 aliphatic heterocycles. The van der Waals surface area contributed by atoms with E-state index in [9.17, 15) is 0 Å². The van der Waals surface area contributed by atoms with Gasteiger partial charge in [0.1, 0.15) is 0 Å². The first-order valence-corrected chi connectivity index (χ1v) is 18.5. The molecule has 0 amide bonds. The van der Waals surface area contributed by atoms with Crippen molar-refractivity contribution in [1.82, 2.24) is 0 Å². The number of thiophene rings is 2. The quantitative estimate of drug-likeness (QED) is 0.151. The van der Waals surface area contributed by atoms with Gasteiger partial charge in [0, 0.05) is 0 Å². The molecule has 0 aliphatic rings. The van der Waals surface area contributed by atoms with Crippen molar-refractivity contribution in [3.8, 4) is 20.9 Å². The summed E-state index contributed by atoms with van der Waals surface area (Å²) >= 11 is 5.32. The fourth-order valence-electron chi connectivity index (χ4n) is 3.47. The molecule has 0 nitrogen and oxygen atoms in total. The van der Waals surface area contributed by atoms with E-state index in [4.69, 9.17) is 0 Å². The Labute approximate surface area is 213 Å². The van der Waals surface area contributed by atoms with E-state index in [1.54, 1.807) is 46.0 Å². The zero-order valence-electron chi connectivity index (χ0n) is 18.2. The number of fused-ring (bicyclic) bond motifs is 2. The predicted octanol–water partition coefficient (Wildman–Crippen LogP) is 9.36. The van der Waals surface area contributed by atoms with Gasteiger partial charge < -0.3 is 0 Å². The molecule has 0 aliphatic carbocycles. The largest absolute Gasteiger partial charge is 0.185 e. The van der Waals surface area contributed by atoms with Crippen LogP contribution in [0.4, 0.5) is 0 Å². The molecule has 0 saturated heterocycles. The molecular weight excluding hydrogens is 520 g/mol. The van der Waals surface area contributed by atoms with Gasteiger partial charge in [-0.3, -0.25) is 0 Å². The van der Waals surface area contributed by atoms with Gasteiger partial charge in [0.15, 0.2) is 0 Å². The average Bonchev–Trinajstić information content (AvgIpc) is 3.59. The summed E-state index contributed by atoms with van der Waals surface area (Å²) in [6.45, 7) is 4.62. The maximum atomic E-state index is 2.31. The van der Waals surface area contributed by atoms with E-state index in [-0.39, 0.29) is 5.43 Å². The average molecular weight is 544 g/mol. The van der Waals surface area contributed by atoms with E-state index in [1.807, 2.05) is 0 Å². The molecule has 0 N–H and O–H groups in total. The van der Waals surface area contributed by atoms with Crippen LogP contribution in [0.1, 0.15) is 0 Å². The Morgan fingerprint density at radius 2 is 1.03 bits per heavy atom. The number of rotatable bonds is 2. The Balaban J connectivity index is 0.000000132. The minimum Gasteiger partial charge on any atom is -0.185 e. The van der Waals surface area contributed by atoms with Crippen molar-refractivity contribution < 1.29 is 23.3 Å². The molecule has 0 unspecified atom stereocenters. The maximum Gasteiger partial charge on any atom is -0.0174 e. The van der Waals surface area contributed by atoms with E-state index < -0.39 is 0 Å². The Hall–Kier alpha value is -1.84. The van der Waals surface area contributed by atoms with Gasteiger partial charge in [-0.05, 0) is 20.5 Å². The van der Waals surface area contributed by atoms with Crippen molar-refractivity contribution in [2.24, 2.45) is 0 Å². The maximum absolute atomic E-state index is 2.31. The van der Waals surface area contributed by atoms with Crippen LogP contribution in [0.3, 0.4) is 0 Å². The van der Waals surface area contributed by atoms with E-state index >= 15 is 0 Å². The van der Waals surface area contributed by atoms with Gasteiger partial charge in [-0.1, -0.05) is 60.7 Å². The van der Waals surface area contributed by atoms with Crippen LogP contribution in [0.2, 0.25) is 13.1 Å². The molecule has 6 aromatic rings. The monoisotopic (exact) mass is 542 g/mol. The molecule has 0 bridgehead atoms. The summed E-state index contributed by atoms with van der Waals surface area (Å²) < 4.78 is 0. The van der Waals surface area contributed by atoms with Crippen molar-refractivity contribution in [1.29, 1.82) is 0 Å². The first kappa shape index (κ1) is 23.3. The molecule has 32 heavy (non-hydrogen) atoms. The fraction of sp³-hybridized carbons (Fsp3) is 0.0714. The summed E-state index contributed by atoms with van der Waals surface area (Å²) in [4.78, 5) is 2.70. The molecular formula is C28H24S2SiZr. The van der Waals surface area contributed by atoms with E-state index in [1.165, 1.54) is 42.4 Å². The van der Waals surface area contributed by atoms with Crippen molar-refractivity contribution in [3.63, 3.8) is 0 Å². The van der Waals surface area contributed by atoms with Crippen LogP contribution in [-0.4, -0.2) is 5.43 Å². The number of hydrogen-bond acceptors (Lipinski definition) is 2. The first-order valence-electron chi connectivity index (χ1n) is 10.5. The molecule has 0 fully saturated rings. The third-order valence-electron chi connectivity index (χ3n) is 4.85. The van der Waals surface area contributed by atoms with Crippen LogP contribution in [0, 0.1) is 0 Å². The molecule has 2 heterocycles. The summed E-state index contributed by atoms with van der Waals surface area (Å²) in [5.74, 6) is 0. The Morgan fingerprint density at radius 1 is 0.625 bits per heavy atom. The summed E-state index contributed by atoms with van der Waals surface area (Å²) in [6, 6.07) is 34.5. The molecule has 156 valence electrons. The smallest absolute Gasteiger partial charge is 0.0174 e. The van der Waals surface area contributed by atoms with E-state index in [2.05, 4.69) is 121 Å². The van der Waals surface area contributed by atoms with Gasteiger partial charge in [-0.25, -0.2) is 0 Å². The second-order valence-electron chi connectivity index (χ2n) is 7.70. The molecule has 6 rings (SSSR count). The summed E-state index contributed by atoms with van der Waals surface area (Å²) in [6.07, 6.45) is 0. The van der Waals surface area contributed by atoms with E-state index in [0.717, 1.165) is 0 Å². The normalized spacial score (nSPS) is 10.4. The van der Waals surface area contributed by atoms with Crippen molar-refractivity contribution >= 4 is 49.7 Å². The minimum atomic E-state index is 0.210. The SMILES string of the molecule is C[Si](C)=[Zr+2].c1csc(-c2cc3ccccc3[cH-]2)c1.c1csc(-c2cc3ccccc3[cH-]2)c1. The minimum absolute atomic E-state index is 0.210. The third kappa shape index (κ3) is 6.14. The van der Waals surface area contributed by atoms with Crippen molar-refractivity contribution in [2.45, 2.75) is 13.1 Å². The predicted molar refractivity (Wildman–Crippen MR) is 143 cm³/mol. The third-order valence-corrected chi connectivity index (χ3v) is 6.69. The van der Waals surface area contributed by atoms with Crippen LogP contribution >= 0.6 is 22.7 Å². The molecule has 0 spiro atoms. The van der Waals surface area contributed by atoms with Crippen LogP contribution in [0.5, 0.6) is 0 Å². The number of benzene rings is 2. The van der Waals surface area contributed by atoms with Crippen molar-refractivity contribution in [3.05, 3.63) is 108 Å². The fourth-order valence-corrected chi connectivity index (χ4v) is 4.90. The van der Waals surface area contributed by atoms with Crippen LogP contribution in [0.25, 0.3) is 42.4 Å². The number of hydrogen-bond donors (Lipinski definition) is 0. The Kier molecular flexibility index (Phi) is 8.26. The zero-order valence-corrected chi connectivity index (χ0v) is 23.3. The van der Waals surface area contributed by atoms with Gasteiger partial charge >= 0.3 is 41.9 Å². The second kappa shape index (κ2) is 11.3. The summed E-state index contributed by atoms with van der Waals surface area (Å²) in [5.41, 5.74) is 2.88. The topological polar surface area (TPSA) is 0 Å². The molecule has 2 aromatic heterocycles. The molecule has 0 radical (unpaired) electrons. The standard InChI is InChI=1S/2C13H9S.C2H6Si.Zr/c2*1-2-5-11-9-12(8-10(11)4-1)13-6-3-7-14-13;1-3-2;/h2*1-9H;1-2H3;/q2*-1;;+2. The van der Waals surface area contributed by atoms with Crippen molar-refractivity contribution in [2.75, 3.05) is 0 Å². The first-order chi connectivity index (χ1) is 15.6. The Morgan fingerprint density at radius 3 is 1.38 bits per heavy atom. The molecule has 4 aromatic carbocycles. The van der Waals surface area contributed by atoms with E-state index in [0.29, 0.717) is 0 Å². The van der Waals surface area contributed by atoms with Crippen LogP contribution in [-0.2, 0) is 23.3 Å². The van der Waals surface area contributed by atoms with Crippen LogP contribution in [0.15, 0.2) is 108 Å².